The fourth-order valence-corrected chi connectivity index (χ4v) is 2.22. The Kier molecular flexibility index (Phi) is 4.64. The summed E-state index contributed by atoms with van der Waals surface area (Å²) in [6.45, 7) is 1.74. The second-order valence-electron chi connectivity index (χ2n) is 4.77. The van der Waals surface area contributed by atoms with E-state index in [1.165, 1.54) is 25.2 Å². The molecular formula is C12H20N6O. The first-order chi connectivity index (χ1) is 9.20. The monoisotopic (exact) mass is 264 g/mol. The van der Waals surface area contributed by atoms with Crippen LogP contribution in [0, 0.1) is 0 Å². The number of hydrogen-bond acceptors (Lipinski definition) is 6. The van der Waals surface area contributed by atoms with Crippen LogP contribution in [0.4, 0.5) is 5.82 Å². The Morgan fingerprint density at radius 2 is 2.32 bits per heavy atom. The molecule has 1 aliphatic heterocycles. The van der Waals surface area contributed by atoms with Crippen molar-refractivity contribution in [2.45, 2.75) is 25.3 Å². The Morgan fingerprint density at radius 3 is 2.95 bits per heavy atom. The van der Waals surface area contributed by atoms with Crippen molar-refractivity contribution in [3.8, 4) is 0 Å². The van der Waals surface area contributed by atoms with Gasteiger partial charge in [0.05, 0.1) is 12.4 Å². The molecule has 7 heteroatoms. The molecule has 0 saturated carbocycles. The summed E-state index contributed by atoms with van der Waals surface area (Å²) in [7, 11) is 2.09. The van der Waals surface area contributed by atoms with Crippen LogP contribution in [0.5, 0.6) is 0 Å². The summed E-state index contributed by atoms with van der Waals surface area (Å²) in [5.41, 5.74) is 2.67. The normalized spacial score (nSPS) is 20.0. The number of piperidine rings is 1. The number of hydrogen-bond donors (Lipinski definition) is 3. The molecule has 7 nitrogen and oxygen atoms in total. The fourth-order valence-electron chi connectivity index (χ4n) is 2.22. The quantitative estimate of drug-likeness (QED) is 0.522. The smallest absolute Gasteiger partial charge is 0.271 e. The molecule has 0 spiro atoms. The van der Waals surface area contributed by atoms with E-state index in [9.17, 15) is 4.79 Å². The van der Waals surface area contributed by atoms with Crippen LogP contribution in [0.25, 0.3) is 0 Å². The van der Waals surface area contributed by atoms with Crippen molar-refractivity contribution >= 4 is 11.7 Å². The Balaban J connectivity index is 1.86. The predicted molar refractivity (Wildman–Crippen MR) is 72.4 cm³/mol. The van der Waals surface area contributed by atoms with Crippen LogP contribution in [-0.4, -0.2) is 47.0 Å². The molecule has 1 atom stereocenters. The number of aromatic nitrogens is 2. The third kappa shape index (κ3) is 3.62. The van der Waals surface area contributed by atoms with Crippen molar-refractivity contribution < 1.29 is 4.79 Å². The van der Waals surface area contributed by atoms with E-state index >= 15 is 0 Å². The molecule has 1 aromatic rings. The summed E-state index contributed by atoms with van der Waals surface area (Å²) in [5, 5.41) is 2.90. The van der Waals surface area contributed by atoms with Gasteiger partial charge in [0.25, 0.3) is 5.91 Å². The van der Waals surface area contributed by atoms with Gasteiger partial charge in [-0.3, -0.25) is 4.79 Å². The summed E-state index contributed by atoms with van der Waals surface area (Å²) in [4.78, 5) is 22.2. The van der Waals surface area contributed by atoms with Crippen molar-refractivity contribution in [3.63, 3.8) is 0 Å². The van der Waals surface area contributed by atoms with Gasteiger partial charge in [-0.2, -0.15) is 0 Å². The highest BCUT2D eigenvalue weighted by Crippen LogP contribution is 2.14. The highest BCUT2D eigenvalue weighted by Gasteiger charge is 2.19. The molecule has 2 rings (SSSR count). The van der Waals surface area contributed by atoms with E-state index in [0.717, 1.165) is 13.0 Å². The number of hydrazine groups is 1. The van der Waals surface area contributed by atoms with Gasteiger partial charge in [-0.1, -0.05) is 6.42 Å². The highest BCUT2D eigenvalue weighted by atomic mass is 16.1. The van der Waals surface area contributed by atoms with E-state index in [2.05, 4.69) is 32.7 Å². The van der Waals surface area contributed by atoms with E-state index in [4.69, 9.17) is 5.84 Å². The van der Waals surface area contributed by atoms with Gasteiger partial charge in [0, 0.05) is 12.6 Å². The van der Waals surface area contributed by atoms with Crippen molar-refractivity contribution in [2.75, 3.05) is 25.6 Å². The molecule has 1 saturated heterocycles. The number of nitrogens with two attached hydrogens (primary N) is 1. The van der Waals surface area contributed by atoms with E-state index < -0.39 is 0 Å². The van der Waals surface area contributed by atoms with Crippen LogP contribution in [-0.2, 0) is 0 Å². The maximum Gasteiger partial charge on any atom is 0.271 e. The predicted octanol–water partition coefficient (Wildman–Crippen LogP) is -0.0237. The molecule has 0 aliphatic carbocycles. The van der Waals surface area contributed by atoms with Crippen LogP contribution in [0.15, 0.2) is 12.4 Å². The van der Waals surface area contributed by atoms with Crippen molar-refractivity contribution in [3.05, 3.63) is 18.1 Å². The molecular weight excluding hydrogens is 244 g/mol. The summed E-state index contributed by atoms with van der Waals surface area (Å²) in [6, 6.07) is 0.413. The number of carbonyl (C=O) groups is 1. The molecule has 104 valence electrons. The van der Waals surface area contributed by atoms with Crippen LogP contribution >= 0.6 is 0 Å². The lowest BCUT2D eigenvalue weighted by Gasteiger charge is -2.32. The molecule has 2 heterocycles. The maximum absolute atomic E-state index is 11.9. The van der Waals surface area contributed by atoms with Crippen LogP contribution in [0.2, 0.25) is 0 Å². The topological polar surface area (TPSA) is 96.2 Å². The number of nitrogen functional groups attached to an aromatic ring is 1. The molecule has 19 heavy (non-hydrogen) atoms. The van der Waals surface area contributed by atoms with Crippen LogP contribution < -0.4 is 16.6 Å². The molecule has 1 amide bonds. The molecule has 0 aromatic carbocycles. The Morgan fingerprint density at radius 1 is 1.47 bits per heavy atom. The fraction of sp³-hybridized carbons (Fsp3) is 0.583. The van der Waals surface area contributed by atoms with Crippen molar-refractivity contribution in [1.29, 1.82) is 0 Å². The second kappa shape index (κ2) is 6.44. The SMILES string of the molecule is CN1CCCCC1CNC(=O)c1cnc(NN)cn1. The molecule has 0 radical (unpaired) electrons. The average Bonchev–Trinajstić information content (AvgIpc) is 2.46. The molecule has 1 aromatic heterocycles. The van der Waals surface area contributed by atoms with E-state index in [1.54, 1.807) is 0 Å². The molecule has 4 N–H and O–H groups in total. The largest absolute Gasteiger partial charge is 0.349 e. The Bertz CT molecular complexity index is 421. The first kappa shape index (κ1) is 13.7. The maximum atomic E-state index is 11.9. The number of likely N-dealkylation sites (tertiary alicyclic amines) is 1. The number of anilines is 1. The lowest BCUT2D eigenvalue weighted by molar-refractivity contribution is 0.0923. The first-order valence-corrected chi connectivity index (χ1v) is 6.48. The summed E-state index contributed by atoms with van der Waals surface area (Å²) in [5.74, 6) is 5.42. The van der Waals surface area contributed by atoms with Gasteiger partial charge in [-0.05, 0) is 26.4 Å². The second-order valence-corrected chi connectivity index (χ2v) is 4.77. The van der Waals surface area contributed by atoms with Gasteiger partial charge in [-0.25, -0.2) is 15.8 Å². The van der Waals surface area contributed by atoms with E-state index in [-0.39, 0.29) is 5.91 Å². The summed E-state index contributed by atoms with van der Waals surface area (Å²) >= 11 is 0. The van der Waals surface area contributed by atoms with E-state index in [1.807, 2.05) is 0 Å². The minimum atomic E-state index is -0.199. The zero-order valence-corrected chi connectivity index (χ0v) is 11.1. The number of amides is 1. The van der Waals surface area contributed by atoms with Gasteiger partial charge in [0.15, 0.2) is 5.82 Å². The first-order valence-electron chi connectivity index (χ1n) is 6.48. The number of nitrogens with one attached hydrogen (secondary N) is 2. The Hall–Kier alpha value is -1.73. The minimum absolute atomic E-state index is 0.199. The lowest BCUT2D eigenvalue weighted by atomic mass is 10.0. The van der Waals surface area contributed by atoms with Crippen LogP contribution in [0.3, 0.4) is 0 Å². The highest BCUT2D eigenvalue weighted by molar-refractivity contribution is 5.92. The zero-order valence-electron chi connectivity index (χ0n) is 11.1. The molecule has 0 bridgehead atoms. The van der Waals surface area contributed by atoms with Gasteiger partial charge in [0.1, 0.15) is 5.69 Å². The lowest BCUT2D eigenvalue weighted by Crippen LogP contribution is -2.44. The number of nitrogens with zero attached hydrogens (tertiary/aromatic N) is 3. The number of likely N-dealkylation sites (N-methyl/N-ethyl adjacent to an activating group) is 1. The minimum Gasteiger partial charge on any atom is -0.349 e. The molecule has 1 aliphatic rings. The number of rotatable bonds is 4. The summed E-state index contributed by atoms with van der Waals surface area (Å²) in [6.07, 6.45) is 6.43. The average molecular weight is 264 g/mol. The third-order valence-corrected chi connectivity index (χ3v) is 3.45. The van der Waals surface area contributed by atoms with Gasteiger partial charge in [0.2, 0.25) is 0 Å². The van der Waals surface area contributed by atoms with E-state index in [0.29, 0.717) is 24.1 Å². The van der Waals surface area contributed by atoms with Gasteiger partial charge < -0.3 is 15.6 Å². The van der Waals surface area contributed by atoms with Crippen molar-refractivity contribution in [1.82, 2.24) is 20.2 Å². The van der Waals surface area contributed by atoms with Gasteiger partial charge >= 0.3 is 0 Å². The third-order valence-electron chi connectivity index (χ3n) is 3.45. The van der Waals surface area contributed by atoms with Gasteiger partial charge in [-0.15, -0.1) is 0 Å². The van der Waals surface area contributed by atoms with Crippen molar-refractivity contribution in [2.24, 2.45) is 5.84 Å². The molecule has 1 unspecified atom stereocenters. The molecule has 1 fully saturated rings. The number of carbonyl (C=O) groups excluding carboxylic acids is 1. The zero-order chi connectivity index (χ0) is 13.7. The Labute approximate surface area is 112 Å². The summed E-state index contributed by atoms with van der Waals surface area (Å²) < 4.78 is 0. The standard InChI is InChI=1S/C12H20N6O/c1-18-5-3-2-4-9(18)6-16-12(19)10-7-15-11(17-13)8-14-10/h7-9H,2-6,13H2,1H3,(H,15,17)(H,16,19). The van der Waals surface area contributed by atoms with Crippen LogP contribution in [0.1, 0.15) is 29.8 Å².